The number of halogens is 1. The number of hydrogen-bond acceptors (Lipinski definition) is 3. The van der Waals surface area contributed by atoms with Crippen LogP contribution in [0, 0.1) is 16.7 Å². The van der Waals surface area contributed by atoms with E-state index in [-0.39, 0.29) is 6.09 Å². The molecule has 2 fully saturated rings. The predicted molar refractivity (Wildman–Crippen MR) is 102 cm³/mol. The molecule has 0 spiro atoms. The van der Waals surface area contributed by atoms with Crippen LogP contribution in [-0.2, 0) is 11.2 Å². The third-order valence-corrected chi connectivity index (χ3v) is 5.50. The van der Waals surface area contributed by atoms with Gasteiger partial charge >= 0.3 is 6.09 Å². The van der Waals surface area contributed by atoms with Crippen LogP contribution < -0.4 is 0 Å². The van der Waals surface area contributed by atoms with Gasteiger partial charge < -0.3 is 9.64 Å². The molecule has 1 heterocycles. The number of nitriles is 1. The van der Waals surface area contributed by atoms with Gasteiger partial charge in [-0.05, 0) is 82.1 Å². The SMILES string of the molecule is CC(C)(C)OC(=O)N1CCC(C#N)(Cc2ccc(Cl)cc2C2CC2)CC1. The summed E-state index contributed by atoms with van der Waals surface area (Å²) in [6.07, 6.45) is 4.22. The smallest absolute Gasteiger partial charge is 0.410 e. The molecule has 4 nitrogen and oxygen atoms in total. The number of hydrogen-bond donors (Lipinski definition) is 0. The fourth-order valence-electron chi connectivity index (χ4n) is 3.64. The van der Waals surface area contributed by atoms with Gasteiger partial charge in [0.05, 0.1) is 11.5 Å². The lowest BCUT2D eigenvalue weighted by Crippen LogP contribution is -2.45. The van der Waals surface area contributed by atoms with E-state index in [1.165, 1.54) is 24.0 Å². The lowest BCUT2D eigenvalue weighted by molar-refractivity contribution is 0.0148. The average Bonchev–Trinajstić information content (AvgIpc) is 3.40. The number of ether oxygens (including phenoxy) is 1. The summed E-state index contributed by atoms with van der Waals surface area (Å²) < 4.78 is 5.46. The van der Waals surface area contributed by atoms with Crippen LogP contribution in [0.5, 0.6) is 0 Å². The maximum absolute atomic E-state index is 12.3. The summed E-state index contributed by atoms with van der Waals surface area (Å²) in [7, 11) is 0. The molecule has 0 N–H and O–H groups in total. The van der Waals surface area contributed by atoms with Crippen LogP contribution in [-0.4, -0.2) is 29.7 Å². The second-order valence-corrected chi connectivity index (χ2v) is 9.09. The van der Waals surface area contributed by atoms with Gasteiger partial charge in [0.15, 0.2) is 0 Å². The minimum atomic E-state index is -0.497. The van der Waals surface area contributed by atoms with Crippen LogP contribution in [0.2, 0.25) is 5.02 Å². The summed E-state index contributed by atoms with van der Waals surface area (Å²) >= 11 is 6.18. The Balaban J connectivity index is 1.69. The molecule has 0 aromatic heterocycles. The maximum Gasteiger partial charge on any atom is 0.410 e. The first-order chi connectivity index (χ1) is 12.2. The first kappa shape index (κ1) is 19.0. The number of likely N-dealkylation sites (tertiary alicyclic amines) is 1. The summed E-state index contributed by atoms with van der Waals surface area (Å²) in [5.41, 5.74) is 1.63. The average molecular weight is 375 g/mol. The molecule has 1 aromatic rings. The van der Waals surface area contributed by atoms with Gasteiger partial charge in [0.1, 0.15) is 5.60 Å². The summed E-state index contributed by atoms with van der Waals surface area (Å²) in [5.74, 6) is 0.598. The molecule has 0 unspecified atom stereocenters. The van der Waals surface area contributed by atoms with Crippen LogP contribution in [0.25, 0.3) is 0 Å². The van der Waals surface area contributed by atoms with E-state index >= 15 is 0 Å². The van der Waals surface area contributed by atoms with Gasteiger partial charge in [-0.1, -0.05) is 17.7 Å². The molecule has 1 saturated carbocycles. The third-order valence-electron chi connectivity index (χ3n) is 5.26. The second kappa shape index (κ2) is 7.12. The standard InChI is InChI=1S/C21H27ClN2O2/c1-20(2,3)26-19(25)24-10-8-21(14-23,9-11-24)13-16-6-7-17(22)12-18(16)15-4-5-15/h6-7,12,15H,4-5,8-11,13H2,1-3H3. The van der Waals surface area contributed by atoms with E-state index in [0.717, 1.165) is 11.4 Å². The summed E-state index contributed by atoms with van der Waals surface area (Å²) in [5, 5.41) is 10.7. The molecular formula is C21H27ClN2O2. The van der Waals surface area contributed by atoms with Crippen molar-refractivity contribution in [2.75, 3.05) is 13.1 Å². The van der Waals surface area contributed by atoms with Crippen molar-refractivity contribution in [3.05, 3.63) is 34.3 Å². The van der Waals surface area contributed by atoms with Crippen molar-refractivity contribution in [3.8, 4) is 6.07 Å². The Hall–Kier alpha value is -1.73. The minimum absolute atomic E-state index is 0.283. The number of piperidine rings is 1. The summed E-state index contributed by atoms with van der Waals surface area (Å²) in [6, 6.07) is 8.63. The third kappa shape index (κ3) is 4.51. The molecular weight excluding hydrogens is 348 g/mol. The van der Waals surface area contributed by atoms with Gasteiger partial charge in [0.25, 0.3) is 0 Å². The highest BCUT2D eigenvalue weighted by molar-refractivity contribution is 6.30. The molecule has 3 rings (SSSR count). The molecule has 5 heteroatoms. The number of carbonyl (C=O) groups excluding carboxylic acids is 1. The number of nitrogens with zero attached hydrogens (tertiary/aromatic N) is 2. The van der Waals surface area contributed by atoms with Gasteiger partial charge in [0, 0.05) is 18.1 Å². The topological polar surface area (TPSA) is 53.3 Å². The molecule has 2 aliphatic rings. The van der Waals surface area contributed by atoms with Crippen molar-refractivity contribution >= 4 is 17.7 Å². The fourth-order valence-corrected chi connectivity index (χ4v) is 3.82. The van der Waals surface area contributed by atoms with Gasteiger partial charge in [0.2, 0.25) is 0 Å². The van der Waals surface area contributed by atoms with Crippen molar-refractivity contribution in [1.82, 2.24) is 4.90 Å². The zero-order valence-electron chi connectivity index (χ0n) is 15.8. The largest absolute Gasteiger partial charge is 0.444 e. The lowest BCUT2D eigenvalue weighted by Gasteiger charge is -2.38. The number of benzene rings is 1. The summed E-state index contributed by atoms with van der Waals surface area (Å²) in [6.45, 7) is 6.74. The lowest BCUT2D eigenvalue weighted by atomic mass is 9.74. The van der Waals surface area contributed by atoms with E-state index in [2.05, 4.69) is 18.2 Å². The zero-order chi connectivity index (χ0) is 18.9. The molecule has 0 atom stereocenters. The Morgan fingerprint density at radius 3 is 2.54 bits per heavy atom. The normalized spacial score (nSPS) is 19.7. The van der Waals surface area contributed by atoms with E-state index in [1.807, 2.05) is 26.8 Å². The molecule has 140 valence electrons. The molecule has 1 aliphatic carbocycles. The maximum atomic E-state index is 12.3. The van der Waals surface area contributed by atoms with Gasteiger partial charge in [-0.3, -0.25) is 0 Å². The van der Waals surface area contributed by atoms with Gasteiger partial charge in [-0.15, -0.1) is 0 Å². The minimum Gasteiger partial charge on any atom is -0.444 e. The number of amides is 1. The Kier molecular flexibility index (Phi) is 5.21. The predicted octanol–water partition coefficient (Wildman–Crippen LogP) is 5.30. The second-order valence-electron chi connectivity index (χ2n) is 8.65. The summed E-state index contributed by atoms with van der Waals surface area (Å²) in [4.78, 5) is 14.0. The monoisotopic (exact) mass is 374 g/mol. The van der Waals surface area contributed by atoms with Gasteiger partial charge in [-0.25, -0.2) is 4.79 Å². The van der Waals surface area contributed by atoms with Crippen LogP contribution >= 0.6 is 11.6 Å². The van der Waals surface area contributed by atoms with Crippen molar-refractivity contribution in [2.24, 2.45) is 5.41 Å². The Morgan fingerprint density at radius 2 is 2.00 bits per heavy atom. The molecule has 0 bridgehead atoms. The van der Waals surface area contributed by atoms with Crippen molar-refractivity contribution in [3.63, 3.8) is 0 Å². The Bertz CT molecular complexity index is 721. The highest BCUT2D eigenvalue weighted by Gasteiger charge is 2.39. The van der Waals surface area contributed by atoms with Gasteiger partial charge in [-0.2, -0.15) is 5.26 Å². The van der Waals surface area contributed by atoms with Crippen molar-refractivity contribution < 1.29 is 9.53 Å². The first-order valence-corrected chi connectivity index (χ1v) is 9.77. The van der Waals surface area contributed by atoms with Crippen LogP contribution in [0.15, 0.2) is 18.2 Å². The van der Waals surface area contributed by atoms with E-state index in [9.17, 15) is 10.1 Å². The highest BCUT2D eigenvalue weighted by atomic mass is 35.5. The fraction of sp³-hybridized carbons (Fsp3) is 0.619. The Labute approximate surface area is 161 Å². The van der Waals surface area contributed by atoms with Crippen LogP contribution in [0.1, 0.15) is 63.5 Å². The van der Waals surface area contributed by atoms with Crippen molar-refractivity contribution in [1.29, 1.82) is 5.26 Å². The molecule has 1 aromatic carbocycles. The molecule has 1 saturated heterocycles. The van der Waals surface area contributed by atoms with Crippen LogP contribution in [0.4, 0.5) is 4.79 Å². The first-order valence-electron chi connectivity index (χ1n) is 9.39. The zero-order valence-corrected chi connectivity index (χ0v) is 16.6. The number of rotatable bonds is 3. The molecule has 26 heavy (non-hydrogen) atoms. The molecule has 1 aliphatic heterocycles. The molecule has 1 amide bonds. The highest BCUT2D eigenvalue weighted by Crippen LogP contribution is 2.45. The van der Waals surface area contributed by atoms with E-state index < -0.39 is 11.0 Å². The van der Waals surface area contributed by atoms with E-state index in [0.29, 0.717) is 31.8 Å². The Morgan fingerprint density at radius 1 is 1.35 bits per heavy atom. The quantitative estimate of drug-likeness (QED) is 0.721. The van der Waals surface area contributed by atoms with E-state index in [4.69, 9.17) is 16.3 Å². The van der Waals surface area contributed by atoms with Crippen molar-refractivity contribution in [2.45, 2.75) is 64.4 Å². The molecule has 0 radical (unpaired) electrons. The number of carbonyl (C=O) groups is 1. The van der Waals surface area contributed by atoms with E-state index in [1.54, 1.807) is 4.90 Å². The van der Waals surface area contributed by atoms with Crippen LogP contribution in [0.3, 0.4) is 0 Å².